The van der Waals surface area contributed by atoms with E-state index < -0.39 is 5.91 Å². The third-order valence-electron chi connectivity index (χ3n) is 5.74. The van der Waals surface area contributed by atoms with E-state index in [1.54, 1.807) is 25.3 Å². The first-order valence-corrected chi connectivity index (χ1v) is 12.0. The van der Waals surface area contributed by atoms with Crippen LogP contribution >= 0.6 is 11.8 Å². The number of hydrogen-bond acceptors (Lipinski definition) is 8. The lowest BCUT2D eigenvalue weighted by Crippen LogP contribution is -2.39. The number of nitrogens with zero attached hydrogens (tertiary/aromatic N) is 4. The molecule has 5 rings (SSSR count). The number of morpholine rings is 1. The summed E-state index contributed by atoms with van der Waals surface area (Å²) >= 11 is 1.30. The molecule has 2 aromatic carbocycles. The highest BCUT2D eigenvalue weighted by molar-refractivity contribution is 8.26. The summed E-state index contributed by atoms with van der Waals surface area (Å²) in [6, 6.07) is 13.5. The highest BCUT2D eigenvalue weighted by Crippen LogP contribution is 2.32. The second-order valence-electron chi connectivity index (χ2n) is 8.19. The van der Waals surface area contributed by atoms with Crippen molar-refractivity contribution in [3.8, 4) is 11.5 Å². The van der Waals surface area contributed by atoms with Crippen LogP contribution in [0.15, 0.2) is 58.1 Å². The van der Waals surface area contributed by atoms with Crippen molar-refractivity contribution in [2.75, 3.05) is 33.4 Å². The van der Waals surface area contributed by atoms with Crippen LogP contribution in [0.3, 0.4) is 0 Å². The molecule has 35 heavy (non-hydrogen) atoms. The van der Waals surface area contributed by atoms with Crippen LogP contribution in [-0.2, 0) is 16.1 Å². The number of amides is 1. The number of amidine groups is 3. The van der Waals surface area contributed by atoms with Crippen molar-refractivity contribution in [1.82, 2.24) is 9.91 Å². The second kappa shape index (κ2) is 9.93. The molecule has 0 aliphatic carbocycles. The van der Waals surface area contributed by atoms with Crippen LogP contribution in [0.1, 0.15) is 16.7 Å². The number of fused-ring (bicyclic) bond motifs is 1. The molecule has 1 amide bonds. The summed E-state index contributed by atoms with van der Waals surface area (Å²) in [5.74, 6) is 0.659. The minimum atomic E-state index is -0.467. The van der Waals surface area contributed by atoms with Crippen molar-refractivity contribution in [3.63, 3.8) is 0 Å². The number of benzene rings is 2. The number of rotatable bonds is 5. The molecule has 0 atom stereocenters. The number of hydrogen-bond donors (Lipinski definition) is 1. The first-order valence-electron chi connectivity index (χ1n) is 11.2. The average Bonchev–Trinajstić information content (AvgIpc) is 3.31. The van der Waals surface area contributed by atoms with Crippen LogP contribution in [0.2, 0.25) is 0 Å². The molecule has 3 aliphatic heterocycles. The molecule has 3 heterocycles. The quantitative estimate of drug-likeness (QED) is 0.639. The summed E-state index contributed by atoms with van der Waals surface area (Å²) in [5.41, 5.74) is 3.11. The summed E-state index contributed by atoms with van der Waals surface area (Å²) in [4.78, 5) is 19.0. The monoisotopic (exact) mass is 491 g/mol. The Morgan fingerprint density at radius 1 is 1.11 bits per heavy atom. The molecular weight excluding hydrogens is 466 g/mol. The summed E-state index contributed by atoms with van der Waals surface area (Å²) in [7, 11) is 1.57. The Hall–Kier alpha value is -3.63. The Balaban J connectivity index is 1.34. The number of carbonyl (C=O) groups is 1. The van der Waals surface area contributed by atoms with Crippen molar-refractivity contribution in [3.05, 3.63) is 64.7 Å². The Morgan fingerprint density at radius 3 is 2.63 bits per heavy atom. The first-order chi connectivity index (χ1) is 17.0. The molecule has 2 aromatic rings. The number of aryl methyl sites for hydroxylation is 1. The zero-order valence-electron chi connectivity index (χ0n) is 19.5. The molecular formula is C25H25N5O4S. The van der Waals surface area contributed by atoms with Crippen molar-refractivity contribution < 1.29 is 19.0 Å². The van der Waals surface area contributed by atoms with E-state index in [-0.39, 0.29) is 11.4 Å². The van der Waals surface area contributed by atoms with Gasteiger partial charge in [-0.3, -0.25) is 10.2 Å². The second-order valence-corrected chi connectivity index (χ2v) is 9.12. The van der Waals surface area contributed by atoms with E-state index in [0.29, 0.717) is 42.1 Å². The normalized spacial score (nSPS) is 19.0. The topological polar surface area (TPSA) is 99.8 Å². The molecule has 0 aromatic heterocycles. The fourth-order valence-corrected chi connectivity index (χ4v) is 4.71. The Morgan fingerprint density at radius 2 is 1.89 bits per heavy atom. The number of carbonyl (C=O) groups excluding carboxylic acids is 1. The van der Waals surface area contributed by atoms with Gasteiger partial charge in [0, 0.05) is 13.1 Å². The van der Waals surface area contributed by atoms with Gasteiger partial charge in [0.1, 0.15) is 6.61 Å². The summed E-state index contributed by atoms with van der Waals surface area (Å²) in [5, 5.41) is 15.7. The van der Waals surface area contributed by atoms with Gasteiger partial charge in [0.25, 0.3) is 5.91 Å². The van der Waals surface area contributed by atoms with Gasteiger partial charge in [0.05, 0.1) is 25.9 Å². The number of aliphatic imine (C=N–C) groups is 1. The van der Waals surface area contributed by atoms with E-state index in [2.05, 4.69) is 15.0 Å². The van der Waals surface area contributed by atoms with Crippen LogP contribution in [0.25, 0.3) is 6.08 Å². The first kappa shape index (κ1) is 23.1. The maximum atomic E-state index is 12.8. The SMILES string of the molecule is COc1cc(/C=C2\C(=N)N3N=C(N4CCOCC4)SC3=NC2=O)ccc1OCc1ccc(C)cc1. The fraction of sp³-hybridized carbons (Fsp3) is 0.280. The highest BCUT2D eigenvalue weighted by atomic mass is 32.2. The summed E-state index contributed by atoms with van der Waals surface area (Å²) < 4.78 is 16.9. The number of hydrazone groups is 1. The molecule has 3 aliphatic rings. The summed E-state index contributed by atoms with van der Waals surface area (Å²) in [6.07, 6.45) is 1.63. The molecule has 0 unspecified atom stereocenters. The lowest BCUT2D eigenvalue weighted by Gasteiger charge is -2.26. The molecule has 1 N–H and O–H groups in total. The molecule has 9 nitrogen and oxygen atoms in total. The van der Waals surface area contributed by atoms with Gasteiger partial charge in [-0.15, -0.1) is 5.10 Å². The van der Waals surface area contributed by atoms with Crippen molar-refractivity contribution >= 4 is 39.9 Å². The van der Waals surface area contributed by atoms with E-state index in [4.69, 9.17) is 19.6 Å². The van der Waals surface area contributed by atoms with Gasteiger partial charge in [-0.05, 0) is 48.0 Å². The summed E-state index contributed by atoms with van der Waals surface area (Å²) in [6.45, 7) is 5.14. The maximum Gasteiger partial charge on any atom is 0.283 e. The molecule has 0 spiro atoms. The third kappa shape index (κ3) is 4.94. The minimum Gasteiger partial charge on any atom is -0.493 e. The van der Waals surface area contributed by atoms with Gasteiger partial charge in [-0.25, -0.2) is 0 Å². The standard InChI is InChI=1S/C25H25N5O4S/c1-16-3-5-17(6-4-16)15-34-20-8-7-18(14-21(20)32-2)13-19-22(26)30-24(27-23(19)31)35-25(28-30)29-9-11-33-12-10-29/h3-8,13-14,26H,9-12,15H2,1-2H3/b19-13+,26-22?. The molecule has 10 heteroatoms. The van der Waals surface area contributed by atoms with Crippen molar-refractivity contribution in [1.29, 1.82) is 5.41 Å². The Labute approximate surface area is 207 Å². The lowest BCUT2D eigenvalue weighted by molar-refractivity contribution is -0.114. The van der Waals surface area contributed by atoms with Gasteiger partial charge >= 0.3 is 0 Å². The van der Waals surface area contributed by atoms with Crippen LogP contribution in [0, 0.1) is 12.3 Å². The van der Waals surface area contributed by atoms with Crippen LogP contribution < -0.4 is 9.47 Å². The Kier molecular flexibility index (Phi) is 6.56. The smallest absolute Gasteiger partial charge is 0.283 e. The minimum absolute atomic E-state index is 0.00516. The predicted octanol–water partition coefficient (Wildman–Crippen LogP) is 3.49. The number of ether oxygens (including phenoxy) is 3. The third-order valence-corrected chi connectivity index (χ3v) is 6.71. The van der Waals surface area contributed by atoms with E-state index >= 15 is 0 Å². The number of methoxy groups -OCH3 is 1. The van der Waals surface area contributed by atoms with Crippen LogP contribution in [-0.4, -0.2) is 65.4 Å². The zero-order chi connectivity index (χ0) is 24.4. The lowest BCUT2D eigenvalue weighted by atomic mass is 10.1. The van der Waals surface area contributed by atoms with E-state index in [9.17, 15) is 4.79 Å². The van der Waals surface area contributed by atoms with Crippen LogP contribution in [0.4, 0.5) is 0 Å². The van der Waals surface area contributed by atoms with Crippen molar-refractivity contribution in [2.45, 2.75) is 13.5 Å². The predicted molar refractivity (Wildman–Crippen MR) is 136 cm³/mol. The van der Waals surface area contributed by atoms with E-state index in [1.165, 1.54) is 22.3 Å². The molecule has 0 radical (unpaired) electrons. The van der Waals surface area contributed by atoms with Crippen LogP contribution in [0.5, 0.6) is 11.5 Å². The van der Waals surface area contributed by atoms with Gasteiger partial charge < -0.3 is 19.1 Å². The van der Waals surface area contributed by atoms with Gasteiger partial charge in [0.2, 0.25) is 5.17 Å². The van der Waals surface area contributed by atoms with E-state index in [1.807, 2.05) is 37.3 Å². The molecule has 1 fully saturated rings. The zero-order valence-corrected chi connectivity index (χ0v) is 20.3. The largest absolute Gasteiger partial charge is 0.493 e. The number of thioether (sulfide) groups is 1. The van der Waals surface area contributed by atoms with Gasteiger partial charge in [-0.2, -0.15) is 10.0 Å². The maximum absolute atomic E-state index is 12.8. The van der Waals surface area contributed by atoms with Gasteiger partial charge in [-0.1, -0.05) is 35.9 Å². The molecule has 0 saturated carbocycles. The van der Waals surface area contributed by atoms with E-state index in [0.717, 1.165) is 23.8 Å². The molecule has 180 valence electrons. The fourth-order valence-electron chi connectivity index (χ4n) is 3.77. The van der Waals surface area contributed by atoms with Gasteiger partial charge in [0.15, 0.2) is 22.5 Å². The molecule has 0 bridgehead atoms. The average molecular weight is 492 g/mol. The van der Waals surface area contributed by atoms with Crippen molar-refractivity contribution in [2.24, 2.45) is 10.1 Å². The Bertz CT molecular complexity index is 1250. The number of nitrogens with one attached hydrogen (secondary N) is 1. The molecule has 1 saturated heterocycles. The highest BCUT2D eigenvalue weighted by Gasteiger charge is 2.37.